The third-order valence-electron chi connectivity index (χ3n) is 5.76. The second-order valence-electron chi connectivity index (χ2n) is 8.33. The Balaban J connectivity index is 1.33. The SMILES string of the molecule is O=C(N/N=C/c1cc(Br)c(OCc2ccccc2F)c(I)c1)c1cc(-c2ccccc2)nc2ccccc12. The monoisotopic (exact) mass is 679 g/mol. The Morgan fingerprint density at radius 3 is 2.53 bits per heavy atom. The summed E-state index contributed by atoms with van der Waals surface area (Å²) >= 11 is 5.68. The Hall–Kier alpha value is -3.63. The molecule has 0 fully saturated rings. The number of nitrogens with one attached hydrogen (secondary N) is 1. The predicted octanol–water partition coefficient (Wildman–Crippen LogP) is 7.75. The van der Waals surface area contributed by atoms with E-state index in [0.29, 0.717) is 27.0 Å². The molecule has 0 aliphatic rings. The smallest absolute Gasteiger partial charge is 0.272 e. The third kappa shape index (κ3) is 5.92. The summed E-state index contributed by atoms with van der Waals surface area (Å²) in [6.07, 6.45) is 1.56. The summed E-state index contributed by atoms with van der Waals surface area (Å²) in [7, 11) is 0. The molecular formula is C30H20BrFIN3O2. The first-order valence-corrected chi connectivity index (χ1v) is 13.5. The highest BCUT2D eigenvalue weighted by molar-refractivity contribution is 14.1. The lowest BCUT2D eigenvalue weighted by Crippen LogP contribution is -2.18. The van der Waals surface area contributed by atoms with Crippen LogP contribution in [0.5, 0.6) is 5.75 Å². The molecule has 0 aliphatic carbocycles. The lowest BCUT2D eigenvalue weighted by Gasteiger charge is -2.12. The van der Waals surface area contributed by atoms with Crippen molar-refractivity contribution in [2.24, 2.45) is 5.10 Å². The van der Waals surface area contributed by atoms with E-state index in [1.54, 1.807) is 30.5 Å². The number of rotatable bonds is 7. The Morgan fingerprint density at radius 1 is 1.00 bits per heavy atom. The average Bonchev–Trinajstić information content (AvgIpc) is 2.93. The van der Waals surface area contributed by atoms with Gasteiger partial charge in [-0.05, 0) is 74.4 Å². The van der Waals surface area contributed by atoms with Gasteiger partial charge >= 0.3 is 0 Å². The number of aromatic nitrogens is 1. The molecule has 38 heavy (non-hydrogen) atoms. The summed E-state index contributed by atoms with van der Waals surface area (Å²) in [5.74, 6) is -0.0432. The standard InChI is InChI=1S/C30H20BrFIN3O2/c31-24-14-19(15-26(33)29(24)38-18-21-10-4-6-12-25(21)32)17-34-36-30(37)23-16-28(20-8-2-1-3-9-20)35-27-13-7-5-11-22(23)27/h1-17H,18H2,(H,36,37)/b34-17+. The lowest BCUT2D eigenvalue weighted by atomic mass is 10.0. The van der Waals surface area contributed by atoms with Crippen LogP contribution >= 0.6 is 38.5 Å². The maximum absolute atomic E-state index is 13.9. The topological polar surface area (TPSA) is 63.6 Å². The fraction of sp³-hybridized carbons (Fsp3) is 0.0333. The van der Waals surface area contributed by atoms with E-state index >= 15 is 0 Å². The van der Waals surface area contributed by atoms with Crippen LogP contribution in [0.3, 0.4) is 0 Å². The number of hydrogen-bond acceptors (Lipinski definition) is 4. The van der Waals surface area contributed by atoms with Gasteiger partial charge in [-0.1, -0.05) is 66.7 Å². The minimum atomic E-state index is -0.337. The van der Waals surface area contributed by atoms with Gasteiger partial charge in [0.2, 0.25) is 0 Å². The van der Waals surface area contributed by atoms with Crippen molar-refractivity contribution >= 4 is 61.5 Å². The van der Waals surface area contributed by atoms with Crippen molar-refractivity contribution in [3.63, 3.8) is 0 Å². The molecule has 0 bridgehead atoms. The zero-order valence-electron chi connectivity index (χ0n) is 19.9. The third-order valence-corrected chi connectivity index (χ3v) is 7.15. The quantitative estimate of drug-likeness (QED) is 0.109. The number of carbonyl (C=O) groups is 1. The van der Waals surface area contributed by atoms with Crippen molar-refractivity contribution in [3.8, 4) is 17.0 Å². The van der Waals surface area contributed by atoms with E-state index in [9.17, 15) is 9.18 Å². The van der Waals surface area contributed by atoms with E-state index in [4.69, 9.17) is 9.72 Å². The first kappa shape index (κ1) is 26.0. The molecule has 4 aromatic carbocycles. The molecule has 0 aliphatic heterocycles. The van der Waals surface area contributed by atoms with E-state index in [1.165, 1.54) is 6.07 Å². The fourth-order valence-electron chi connectivity index (χ4n) is 3.90. The second kappa shape index (κ2) is 11.8. The Labute approximate surface area is 241 Å². The maximum Gasteiger partial charge on any atom is 0.272 e. The van der Waals surface area contributed by atoms with Gasteiger partial charge in [-0.25, -0.2) is 14.8 Å². The number of benzene rings is 4. The van der Waals surface area contributed by atoms with E-state index in [0.717, 1.165) is 25.6 Å². The number of ether oxygens (including phenoxy) is 1. The number of nitrogens with zero attached hydrogens (tertiary/aromatic N) is 2. The molecular weight excluding hydrogens is 660 g/mol. The molecule has 0 saturated heterocycles. The summed E-state index contributed by atoms with van der Waals surface area (Å²) in [4.78, 5) is 17.9. The Kier molecular flexibility index (Phi) is 8.09. The van der Waals surface area contributed by atoms with Crippen LogP contribution in [0.2, 0.25) is 0 Å². The zero-order chi connectivity index (χ0) is 26.5. The minimum absolute atomic E-state index is 0.107. The molecule has 5 rings (SSSR count). The second-order valence-corrected chi connectivity index (χ2v) is 10.3. The first-order valence-electron chi connectivity index (χ1n) is 11.6. The van der Waals surface area contributed by atoms with Gasteiger partial charge < -0.3 is 4.74 Å². The summed E-state index contributed by atoms with van der Waals surface area (Å²) < 4.78 is 21.3. The number of halogens is 3. The van der Waals surface area contributed by atoms with Gasteiger partial charge in [0.15, 0.2) is 0 Å². The van der Waals surface area contributed by atoms with Crippen LogP contribution in [0.25, 0.3) is 22.2 Å². The number of hydrazone groups is 1. The highest BCUT2D eigenvalue weighted by Crippen LogP contribution is 2.32. The van der Waals surface area contributed by atoms with Gasteiger partial charge in [-0.2, -0.15) is 5.10 Å². The van der Waals surface area contributed by atoms with Gasteiger partial charge in [0, 0.05) is 16.5 Å². The highest BCUT2D eigenvalue weighted by atomic mass is 127. The molecule has 5 aromatic rings. The van der Waals surface area contributed by atoms with Gasteiger partial charge in [0.05, 0.1) is 31.0 Å². The van der Waals surface area contributed by atoms with Crippen LogP contribution in [0.15, 0.2) is 107 Å². The molecule has 1 amide bonds. The molecule has 5 nitrogen and oxygen atoms in total. The van der Waals surface area contributed by atoms with Crippen LogP contribution in [0.4, 0.5) is 4.39 Å². The zero-order valence-corrected chi connectivity index (χ0v) is 23.6. The van der Waals surface area contributed by atoms with E-state index in [-0.39, 0.29) is 18.3 Å². The van der Waals surface area contributed by atoms with Crippen molar-refractivity contribution in [2.75, 3.05) is 0 Å². The number of carbonyl (C=O) groups excluding carboxylic acids is 1. The van der Waals surface area contributed by atoms with Crippen molar-refractivity contribution in [2.45, 2.75) is 6.61 Å². The molecule has 0 radical (unpaired) electrons. The highest BCUT2D eigenvalue weighted by Gasteiger charge is 2.14. The van der Waals surface area contributed by atoms with E-state index in [2.05, 4.69) is 49.0 Å². The molecule has 1 heterocycles. The van der Waals surface area contributed by atoms with Crippen LogP contribution in [0, 0.1) is 9.39 Å². The number of pyridine rings is 1. The molecule has 0 unspecified atom stereocenters. The van der Waals surface area contributed by atoms with Gasteiger partial charge in [-0.15, -0.1) is 0 Å². The molecule has 8 heteroatoms. The number of para-hydroxylation sites is 1. The van der Waals surface area contributed by atoms with Crippen molar-refractivity contribution in [3.05, 3.63) is 128 Å². The van der Waals surface area contributed by atoms with Gasteiger partial charge in [-0.3, -0.25) is 4.79 Å². The summed E-state index contributed by atoms with van der Waals surface area (Å²) in [5.41, 5.74) is 6.71. The summed E-state index contributed by atoms with van der Waals surface area (Å²) in [6.45, 7) is 0.107. The van der Waals surface area contributed by atoms with Crippen LogP contribution in [0.1, 0.15) is 21.5 Å². The van der Waals surface area contributed by atoms with Crippen LogP contribution in [-0.4, -0.2) is 17.1 Å². The maximum atomic E-state index is 13.9. The van der Waals surface area contributed by atoms with Crippen LogP contribution in [-0.2, 0) is 6.61 Å². The van der Waals surface area contributed by atoms with Crippen LogP contribution < -0.4 is 10.2 Å². The van der Waals surface area contributed by atoms with Crippen molar-refractivity contribution < 1.29 is 13.9 Å². The normalized spacial score (nSPS) is 11.1. The number of amides is 1. The van der Waals surface area contributed by atoms with Gasteiger partial charge in [0.1, 0.15) is 18.2 Å². The molecule has 0 saturated carbocycles. The number of fused-ring (bicyclic) bond motifs is 1. The predicted molar refractivity (Wildman–Crippen MR) is 160 cm³/mol. The summed E-state index contributed by atoms with van der Waals surface area (Å²) in [6, 6.07) is 29.2. The van der Waals surface area contributed by atoms with Gasteiger partial charge in [0.25, 0.3) is 5.91 Å². The summed E-state index contributed by atoms with van der Waals surface area (Å²) in [5, 5.41) is 4.93. The minimum Gasteiger partial charge on any atom is -0.486 e. The molecule has 0 spiro atoms. The fourth-order valence-corrected chi connectivity index (χ4v) is 5.67. The average molecular weight is 680 g/mol. The molecule has 0 atom stereocenters. The lowest BCUT2D eigenvalue weighted by molar-refractivity contribution is 0.0956. The first-order chi connectivity index (χ1) is 18.5. The molecule has 1 N–H and O–H groups in total. The largest absolute Gasteiger partial charge is 0.486 e. The Bertz CT molecular complexity index is 1640. The molecule has 1 aromatic heterocycles. The van der Waals surface area contributed by atoms with E-state index < -0.39 is 0 Å². The van der Waals surface area contributed by atoms with E-state index in [1.807, 2.05) is 66.7 Å². The number of hydrogen-bond donors (Lipinski definition) is 1. The van der Waals surface area contributed by atoms with Crippen molar-refractivity contribution in [1.29, 1.82) is 0 Å². The Morgan fingerprint density at radius 2 is 1.74 bits per heavy atom. The molecule has 188 valence electrons. The van der Waals surface area contributed by atoms with Crippen molar-refractivity contribution in [1.82, 2.24) is 10.4 Å².